The third-order valence-electron chi connectivity index (χ3n) is 0.980. The van der Waals surface area contributed by atoms with E-state index >= 15 is 0 Å². The van der Waals surface area contributed by atoms with Gasteiger partial charge in [-0.15, -0.1) is 0 Å². The number of rotatable bonds is 5. The van der Waals surface area contributed by atoms with Crippen molar-refractivity contribution in [1.82, 2.24) is 11.5 Å². The summed E-state index contributed by atoms with van der Waals surface area (Å²) in [5.41, 5.74) is 0. The molecule has 0 aromatic heterocycles. The monoisotopic (exact) mass is 196 g/mol. The average molecular weight is 196 g/mol. The molecular formula is C5H12N2O4S. The van der Waals surface area contributed by atoms with Crippen LogP contribution in [-0.2, 0) is 9.59 Å². The second-order valence-electron chi connectivity index (χ2n) is 1.85. The standard InChI is InChI=1S/C5H9NO4S.H3N/c7-4(8)1-6-3(2-11)5(9)10;/h3,6,11H,1-2H2,(H,7,8)(H,9,10);1H3/t3-;/m0./s1. The molecule has 6 nitrogen and oxygen atoms in total. The van der Waals surface area contributed by atoms with E-state index in [-0.39, 0.29) is 18.4 Å². The number of carboxylic acids is 2. The number of hydrogen-bond donors (Lipinski definition) is 5. The molecule has 6 N–H and O–H groups in total. The van der Waals surface area contributed by atoms with Crippen molar-refractivity contribution in [3.8, 4) is 0 Å². The molecular weight excluding hydrogens is 184 g/mol. The van der Waals surface area contributed by atoms with Crippen molar-refractivity contribution >= 4 is 24.6 Å². The summed E-state index contributed by atoms with van der Waals surface area (Å²) in [4.78, 5) is 20.2. The number of aliphatic carboxylic acids is 2. The molecule has 0 unspecified atom stereocenters. The summed E-state index contributed by atoms with van der Waals surface area (Å²) < 4.78 is 0. The maximum Gasteiger partial charge on any atom is 0.321 e. The van der Waals surface area contributed by atoms with Gasteiger partial charge >= 0.3 is 11.9 Å². The molecule has 0 aliphatic heterocycles. The fourth-order valence-corrected chi connectivity index (χ4v) is 0.726. The van der Waals surface area contributed by atoms with E-state index in [1.54, 1.807) is 0 Å². The highest BCUT2D eigenvalue weighted by molar-refractivity contribution is 7.80. The van der Waals surface area contributed by atoms with Gasteiger partial charge in [-0.3, -0.25) is 14.9 Å². The third-order valence-corrected chi connectivity index (χ3v) is 1.35. The summed E-state index contributed by atoms with van der Waals surface area (Å²) in [5.74, 6) is -2.11. The van der Waals surface area contributed by atoms with E-state index < -0.39 is 18.0 Å². The highest BCUT2D eigenvalue weighted by atomic mass is 32.1. The lowest BCUT2D eigenvalue weighted by Gasteiger charge is -2.08. The number of thiol groups is 1. The molecule has 0 rings (SSSR count). The number of hydrogen-bond acceptors (Lipinski definition) is 5. The van der Waals surface area contributed by atoms with Gasteiger partial charge in [0.25, 0.3) is 0 Å². The zero-order valence-corrected chi connectivity index (χ0v) is 7.25. The van der Waals surface area contributed by atoms with Gasteiger partial charge in [0.05, 0.1) is 6.54 Å². The SMILES string of the molecule is N.O=C(O)CN[C@@H](CS)C(=O)O. The molecule has 0 fully saturated rings. The quantitative estimate of drug-likeness (QED) is 0.367. The van der Waals surface area contributed by atoms with Crippen molar-refractivity contribution in [1.29, 1.82) is 0 Å². The van der Waals surface area contributed by atoms with Crippen LogP contribution in [0.4, 0.5) is 0 Å². The van der Waals surface area contributed by atoms with Crippen LogP contribution in [0.15, 0.2) is 0 Å². The molecule has 0 aliphatic carbocycles. The first-order chi connectivity index (χ1) is 5.07. The Bertz CT molecular complexity index is 164. The van der Waals surface area contributed by atoms with E-state index in [1.165, 1.54) is 0 Å². The molecule has 0 amide bonds. The third kappa shape index (κ3) is 5.96. The molecule has 12 heavy (non-hydrogen) atoms. The van der Waals surface area contributed by atoms with Crippen LogP contribution in [0.5, 0.6) is 0 Å². The molecule has 0 spiro atoms. The fourth-order valence-electron chi connectivity index (χ4n) is 0.440. The van der Waals surface area contributed by atoms with E-state index in [1.807, 2.05) is 0 Å². The summed E-state index contributed by atoms with van der Waals surface area (Å²) in [6.45, 7) is -0.364. The zero-order valence-electron chi connectivity index (χ0n) is 6.36. The molecule has 0 bridgehead atoms. The van der Waals surface area contributed by atoms with Crippen molar-refractivity contribution in [2.75, 3.05) is 12.3 Å². The number of carboxylic acid groups (broad SMARTS) is 2. The highest BCUT2D eigenvalue weighted by Crippen LogP contribution is 1.86. The normalized spacial score (nSPS) is 11.4. The number of nitrogens with one attached hydrogen (secondary N) is 1. The Labute approximate surface area is 75.0 Å². The fraction of sp³-hybridized carbons (Fsp3) is 0.600. The van der Waals surface area contributed by atoms with Crippen LogP contribution < -0.4 is 11.5 Å². The second-order valence-corrected chi connectivity index (χ2v) is 2.21. The first kappa shape index (κ1) is 13.8. The van der Waals surface area contributed by atoms with E-state index in [9.17, 15) is 9.59 Å². The van der Waals surface area contributed by atoms with Gasteiger partial charge in [0.15, 0.2) is 0 Å². The zero-order chi connectivity index (χ0) is 8.85. The van der Waals surface area contributed by atoms with Crippen molar-refractivity contribution in [3.63, 3.8) is 0 Å². The van der Waals surface area contributed by atoms with E-state index in [2.05, 4.69) is 17.9 Å². The van der Waals surface area contributed by atoms with Crippen LogP contribution in [0.25, 0.3) is 0 Å². The first-order valence-corrected chi connectivity index (χ1v) is 3.50. The first-order valence-electron chi connectivity index (χ1n) is 2.86. The van der Waals surface area contributed by atoms with Crippen LogP contribution >= 0.6 is 12.6 Å². The molecule has 0 heterocycles. The summed E-state index contributed by atoms with van der Waals surface area (Å²) in [6, 6.07) is -0.894. The Morgan fingerprint density at radius 3 is 2.17 bits per heavy atom. The van der Waals surface area contributed by atoms with Gasteiger partial charge in [-0.05, 0) is 0 Å². The summed E-state index contributed by atoms with van der Waals surface area (Å²) in [7, 11) is 0. The lowest BCUT2D eigenvalue weighted by molar-refractivity contribution is -0.139. The largest absolute Gasteiger partial charge is 0.480 e. The number of carbonyl (C=O) groups is 2. The van der Waals surface area contributed by atoms with Crippen LogP contribution in [0.2, 0.25) is 0 Å². The van der Waals surface area contributed by atoms with Gasteiger partial charge in [-0.2, -0.15) is 12.6 Å². The minimum atomic E-state index is -1.10. The molecule has 72 valence electrons. The predicted molar refractivity (Wildman–Crippen MR) is 45.9 cm³/mol. The van der Waals surface area contributed by atoms with Gasteiger partial charge in [0.2, 0.25) is 0 Å². The van der Waals surface area contributed by atoms with Crippen LogP contribution in [-0.4, -0.2) is 40.5 Å². The molecule has 7 heteroatoms. The molecule has 0 aromatic carbocycles. The predicted octanol–water partition coefficient (Wildman–Crippen LogP) is -0.794. The van der Waals surface area contributed by atoms with Crippen molar-refractivity contribution in [2.45, 2.75) is 6.04 Å². The van der Waals surface area contributed by atoms with Crippen molar-refractivity contribution in [3.05, 3.63) is 0 Å². The molecule has 0 saturated carbocycles. The smallest absolute Gasteiger partial charge is 0.321 e. The van der Waals surface area contributed by atoms with Gasteiger partial charge in [0.1, 0.15) is 6.04 Å². The van der Waals surface area contributed by atoms with Gasteiger partial charge in [-0.25, -0.2) is 0 Å². The topological polar surface area (TPSA) is 122 Å². The van der Waals surface area contributed by atoms with E-state index in [0.717, 1.165) is 0 Å². The average Bonchev–Trinajstić information content (AvgIpc) is 1.87. The van der Waals surface area contributed by atoms with Crippen molar-refractivity contribution < 1.29 is 19.8 Å². The molecule has 0 aliphatic rings. The lowest BCUT2D eigenvalue weighted by atomic mass is 10.3. The molecule has 1 atom stereocenters. The molecule has 0 aromatic rings. The Morgan fingerprint density at radius 1 is 1.42 bits per heavy atom. The summed E-state index contributed by atoms with van der Waals surface area (Å²) >= 11 is 3.72. The van der Waals surface area contributed by atoms with Crippen molar-refractivity contribution in [2.24, 2.45) is 0 Å². The Balaban J connectivity index is 0. The Morgan fingerprint density at radius 2 is 1.92 bits per heavy atom. The highest BCUT2D eigenvalue weighted by Gasteiger charge is 2.14. The Kier molecular flexibility index (Phi) is 7.91. The minimum Gasteiger partial charge on any atom is -0.480 e. The molecule has 0 saturated heterocycles. The van der Waals surface area contributed by atoms with Gasteiger partial charge in [0, 0.05) is 5.75 Å². The minimum absolute atomic E-state index is 0. The lowest BCUT2D eigenvalue weighted by Crippen LogP contribution is -2.40. The maximum absolute atomic E-state index is 10.2. The summed E-state index contributed by atoms with van der Waals surface area (Å²) in [6.07, 6.45) is 0. The van der Waals surface area contributed by atoms with E-state index in [4.69, 9.17) is 10.2 Å². The van der Waals surface area contributed by atoms with Crippen LogP contribution in [0.1, 0.15) is 0 Å². The van der Waals surface area contributed by atoms with Crippen LogP contribution in [0.3, 0.4) is 0 Å². The van der Waals surface area contributed by atoms with Gasteiger partial charge in [-0.1, -0.05) is 0 Å². The Hall–Kier alpha value is -0.790. The van der Waals surface area contributed by atoms with Gasteiger partial charge < -0.3 is 16.4 Å². The maximum atomic E-state index is 10.2. The van der Waals surface area contributed by atoms with Crippen LogP contribution in [0, 0.1) is 0 Å². The molecule has 0 radical (unpaired) electrons. The summed E-state index contributed by atoms with van der Waals surface area (Å²) in [5, 5.41) is 18.8. The van der Waals surface area contributed by atoms with E-state index in [0.29, 0.717) is 0 Å². The second kappa shape index (κ2) is 6.89.